The van der Waals surface area contributed by atoms with Gasteiger partial charge in [0, 0.05) is 25.0 Å². The molecule has 30 heavy (non-hydrogen) atoms. The molecule has 4 rings (SSSR count). The van der Waals surface area contributed by atoms with Crippen molar-refractivity contribution in [2.45, 2.75) is 45.6 Å². The standard InChI is InChI=1S/C25H31N3O2/c1-25(2)12-10-21(11-13-25)26-15-17-30-23-8-6-19(7-9-23)20-4-3-5-22(18-20)28-16-14-27-24(28)29/h3-9,14,16,18,21,26H,10-13,15,17H2,1-2H3,(H,27,29). The number of aromatic amines is 1. The van der Waals surface area contributed by atoms with Crippen LogP contribution in [-0.2, 0) is 0 Å². The first-order valence-electron chi connectivity index (χ1n) is 10.8. The normalized spacial score (nSPS) is 16.5. The lowest BCUT2D eigenvalue weighted by Gasteiger charge is -2.34. The summed E-state index contributed by atoms with van der Waals surface area (Å²) in [6, 6.07) is 16.7. The smallest absolute Gasteiger partial charge is 0.330 e. The van der Waals surface area contributed by atoms with Gasteiger partial charge in [-0.1, -0.05) is 38.1 Å². The van der Waals surface area contributed by atoms with Gasteiger partial charge in [0.2, 0.25) is 0 Å². The Bertz CT molecular complexity index is 1010. The minimum Gasteiger partial charge on any atom is -0.492 e. The van der Waals surface area contributed by atoms with Crippen molar-refractivity contribution in [2.75, 3.05) is 13.2 Å². The van der Waals surface area contributed by atoms with E-state index in [-0.39, 0.29) is 5.69 Å². The first-order chi connectivity index (χ1) is 14.5. The van der Waals surface area contributed by atoms with Crippen molar-refractivity contribution in [3.05, 3.63) is 71.4 Å². The molecule has 1 saturated carbocycles. The van der Waals surface area contributed by atoms with Gasteiger partial charge < -0.3 is 15.0 Å². The maximum atomic E-state index is 11.9. The fourth-order valence-corrected chi connectivity index (χ4v) is 4.14. The Morgan fingerprint density at radius 3 is 2.57 bits per heavy atom. The molecule has 1 aliphatic carbocycles. The lowest BCUT2D eigenvalue weighted by molar-refractivity contribution is 0.200. The molecule has 0 saturated heterocycles. The molecule has 1 aliphatic rings. The second-order valence-electron chi connectivity index (χ2n) is 8.95. The summed E-state index contributed by atoms with van der Waals surface area (Å²) in [5.74, 6) is 0.878. The van der Waals surface area contributed by atoms with E-state index in [2.05, 4.69) is 36.3 Å². The van der Waals surface area contributed by atoms with Crippen LogP contribution in [0, 0.1) is 5.41 Å². The quantitative estimate of drug-likeness (QED) is 0.557. The summed E-state index contributed by atoms with van der Waals surface area (Å²) < 4.78 is 7.51. The molecule has 1 heterocycles. The number of nitrogens with zero attached hydrogens (tertiary/aromatic N) is 1. The van der Waals surface area contributed by atoms with E-state index >= 15 is 0 Å². The molecule has 0 spiro atoms. The molecule has 158 valence electrons. The lowest BCUT2D eigenvalue weighted by Crippen LogP contribution is -2.37. The minimum atomic E-state index is -0.138. The van der Waals surface area contributed by atoms with Crippen LogP contribution in [0.3, 0.4) is 0 Å². The predicted molar refractivity (Wildman–Crippen MR) is 121 cm³/mol. The highest BCUT2D eigenvalue weighted by molar-refractivity contribution is 5.66. The van der Waals surface area contributed by atoms with Crippen molar-refractivity contribution in [3.8, 4) is 22.6 Å². The summed E-state index contributed by atoms with van der Waals surface area (Å²) in [6.45, 7) is 6.28. The Kier molecular flexibility index (Phi) is 6.09. The number of H-pyrrole nitrogens is 1. The maximum absolute atomic E-state index is 11.9. The molecule has 2 aromatic carbocycles. The van der Waals surface area contributed by atoms with Gasteiger partial charge >= 0.3 is 5.69 Å². The van der Waals surface area contributed by atoms with E-state index in [0.29, 0.717) is 18.1 Å². The molecule has 2 N–H and O–H groups in total. The van der Waals surface area contributed by atoms with Gasteiger partial charge in [-0.2, -0.15) is 0 Å². The number of hydrogen-bond donors (Lipinski definition) is 2. The van der Waals surface area contributed by atoms with E-state index < -0.39 is 0 Å². The first-order valence-corrected chi connectivity index (χ1v) is 10.8. The zero-order valence-electron chi connectivity index (χ0n) is 17.9. The monoisotopic (exact) mass is 405 g/mol. The van der Waals surface area contributed by atoms with Crippen LogP contribution in [0.4, 0.5) is 0 Å². The minimum absolute atomic E-state index is 0.138. The van der Waals surface area contributed by atoms with Gasteiger partial charge in [0.1, 0.15) is 12.4 Å². The number of aromatic nitrogens is 2. The van der Waals surface area contributed by atoms with Crippen LogP contribution in [0.15, 0.2) is 65.7 Å². The molecular formula is C25H31N3O2. The van der Waals surface area contributed by atoms with E-state index in [1.165, 1.54) is 25.7 Å². The lowest BCUT2D eigenvalue weighted by atomic mass is 9.75. The number of ether oxygens (including phenoxy) is 1. The van der Waals surface area contributed by atoms with Crippen LogP contribution in [-0.4, -0.2) is 28.7 Å². The van der Waals surface area contributed by atoms with E-state index in [9.17, 15) is 4.79 Å². The number of hydrogen-bond acceptors (Lipinski definition) is 3. The molecule has 0 atom stereocenters. The van der Waals surface area contributed by atoms with Crippen LogP contribution in [0.5, 0.6) is 5.75 Å². The number of nitrogens with one attached hydrogen (secondary N) is 2. The van der Waals surface area contributed by atoms with Crippen molar-refractivity contribution in [2.24, 2.45) is 5.41 Å². The van der Waals surface area contributed by atoms with Gasteiger partial charge in [-0.3, -0.25) is 4.57 Å². The summed E-state index contributed by atoms with van der Waals surface area (Å²) in [5.41, 5.74) is 3.37. The average molecular weight is 406 g/mol. The summed E-state index contributed by atoms with van der Waals surface area (Å²) in [7, 11) is 0. The summed E-state index contributed by atoms with van der Waals surface area (Å²) >= 11 is 0. The van der Waals surface area contributed by atoms with Gasteiger partial charge in [0.05, 0.1) is 5.69 Å². The second-order valence-corrected chi connectivity index (χ2v) is 8.95. The molecule has 3 aromatic rings. The van der Waals surface area contributed by atoms with Gasteiger partial charge in [0.25, 0.3) is 0 Å². The molecule has 0 aliphatic heterocycles. The topological polar surface area (TPSA) is 59.0 Å². The summed E-state index contributed by atoms with van der Waals surface area (Å²) in [4.78, 5) is 14.5. The summed E-state index contributed by atoms with van der Waals surface area (Å²) in [6.07, 6.45) is 8.50. The third-order valence-electron chi connectivity index (χ3n) is 6.10. The van der Waals surface area contributed by atoms with Crippen molar-refractivity contribution in [3.63, 3.8) is 0 Å². The third kappa shape index (κ3) is 5.03. The van der Waals surface area contributed by atoms with Crippen LogP contribution in [0.2, 0.25) is 0 Å². The van der Waals surface area contributed by atoms with Gasteiger partial charge in [-0.15, -0.1) is 0 Å². The molecule has 5 heteroatoms. The van der Waals surface area contributed by atoms with Crippen LogP contribution in [0.1, 0.15) is 39.5 Å². The van der Waals surface area contributed by atoms with E-state index in [1.807, 2.05) is 36.4 Å². The molecule has 0 bridgehead atoms. The largest absolute Gasteiger partial charge is 0.492 e. The third-order valence-corrected chi connectivity index (χ3v) is 6.10. The number of rotatable bonds is 7. The molecule has 0 unspecified atom stereocenters. The highest BCUT2D eigenvalue weighted by Gasteiger charge is 2.26. The van der Waals surface area contributed by atoms with E-state index in [0.717, 1.165) is 29.1 Å². The van der Waals surface area contributed by atoms with E-state index in [1.54, 1.807) is 17.0 Å². The highest BCUT2D eigenvalue weighted by Crippen LogP contribution is 2.34. The average Bonchev–Trinajstić information content (AvgIpc) is 3.19. The Morgan fingerprint density at radius 2 is 1.87 bits per heavy atom. The SMILES string of the molecule is CC1(C)CCC(NCCOc2ccc(-c3cccc(-n4cc[nH]c4=O)c3)cc2)CC1. The van der Waals surface area contributed by atoms with Crippen molar-refractivity contribution >= 4 is 0 Å². The number of benzene rings is 2. The van der Waals surface area contributed by atoms with E-state index in [4.69, 9.17) is 4.74 Å². The van der Waals surface area contributed by atoms with Gasteiger partial charge in [0.15, 0.2) is 0 Å². The van der Waals surface area contributed by atoms with Crippen LogP contribution in [0.25, 0.3) is 16.8 Å². The fraction of sp³-hybridized carbons (Fsp3) is 0.400. The Balaban J connectivity index is 1.29. The van der Waals surface area contributed by atoms with Gasteiger partial charge in [-0.05, 0) is 66.5 Å². The molecular weight excluding hydrogens is 374 g/mol. The molecule has 0 amide bonds. The summed E-state index contributed by atoms with van der Waals surface area (Å²) in [5, 5.41) is 3.64. The predicted octanol–water partition coefficient (Wildman–Crippen LogP) is 4.77. The Hall–Kier alpha value is -2.79. The van der Waals surface area contributed by atoms with Crippen molar-refractivity contribution in [1.29, 1.82) is 0 Å². The number of imidazole rings is 1. The Labute approximate surface area is 178 Å². The molecule has 1 aromatic heterocycles. The highest BCUT2D eigenvalue weighted by atomic mass is 16.5. The van der Waals surface area contributed by atoms with Crippen molar-refractivity contribution in [1.82, 2.24) is 14.9 Å². The zero-order valence-corrected chi connectivity index (χ0v) is 17.9. The molecule has 1 fully saturated rings. The molecule has 5 nitrogen and oxygen atoms in total. The zero-order chi connectivity index (χ0) is 21.0. The Morgan fingerprint density at radius 1 is 1.10 bits per heavy atom. The maximum Gasteiger partial charge on any atom is 0.330 e. The van der Waals surface area contributed by atoms with Crippen molar-refractivity contribution < 1.29 is 4.74 Å². The second kappa shape index (κ2) is 8.92. The van der Waals surface area contributed by atoms with Crippen LogP contribution >= 0.6 is 0 Å². The van der Waals surface area contributed by atoms with Crippen LogP contribution < -0.4 is 15.7 Å². The molecule has 0 radical (unpaired) electrons. The van der Waals surface area contributed by atoms with Gasteiger partial charge in [-0.25, -0.2) is 4.79 Å². The fourth-order valence-electron chi connectivity index (χ4n) is 4.14. The first kappa shape index (κ1) is 20.5.